The van der Waals surface area contributed by atoms with Crippen LogP contribution < -0.4 is 39.5 Å². The zero-order valence-electron chi connectivity index (χ0n) is 46.2. The zero-order valence-corrected chi connectivity index (χ0v) is 46.2. The first-order valence-electron chi connectivity index (χ1n) is 27.7. The van der Waals surface area contributed by atoms with Crippen LogP contribution >= 0.6 is 0 Å². The molecule has 0 aliphatic carbocycles. The van der Waals surface area contributed by atoms with Crippen LogP contribution in [0.5, 0.6) is 17.2 Å². The van der Waals surface area contributed by atoms with Crippen molar-refractivity contribution in [2.45, 2.75) is 136 Å². The number of carbonyl (C=O) groups excluding carboxylic acids is 6. The van der Waals surface area contributed by atoms with Gasteiger partial charge in [0.15, 0.2) is 17.3 Å². The van der Waals surface area contributed by atoms with Crippen molar-refractivity contribution in [2.24, 2.45) is 11.1 Å². The van der Waals surface area contributed by atoms with Gasteiger partial charge in [-0.25, -0.2) is 0 Å². The number of aryl methyl sites for hydroxylation is 2. The van der Waals surface area contributed by atoms with Gasteiger partial charge in [0.2, 0.25) is 11.8 Å². The molecule has 16 nitrogen and oxygen atoms in total. The van der Waals surface area contributed by atoms with Crippen LogP contribution in [-0.4, -0.2) is 86.8 Å². The fourth-order valence-corrected chi connectivity index (χ4v) is 11.3. The summed E-state index contributed by atoms with van der Waals surface area (Å²) in [5.41, 5.74) is 9.77. The lowest BCUT2D eigenvalue weighted by atomic mass is 9.99. The summed E-state index contributed by atoms with van der Waals surface area (Å²) in [6, 6.07) is 28.5. The van der Waals surface area contributed by atoms with Gasteiger partial charge in [-0.15, -0.1) is 0 Å². The van der Waals surface area contributed by atoms with Crippen molar-refractivity contribution in [3.8, 4) is 17.2 Å². The summed E-state index contributed by atoms with van der Waals surface area (Å²) in [7, 11) is 3.55. The first-order valence-corrected chi connectivity index (χ1v) is 27.7. The number of anilines is 4. The lowest BCUT2D eigenvalue weighted by molar-refractivity contribution is -0.129. The fourth-order valence-electron chi connectivity index (χ4n) is 11.3. The van der Waals surface area contributed by atoms with E-state index in [2.05, 4.69) is 32.8 Å². The van der Waals surface area contributed by atoms with E-state index in [-0.39, 0.29) is 73.3 Å². The van der Waals surface area contributed by atoms with E-state index in [4.69, 9.17) is 19.0 Å². The molecule has 0 aromatic heterocycles. The summed E-state index contributed by atoms with van der Waals surface area (Å²) < 4.78 is 19.0. The molecule has 2 N–H and O–H groups in total. The van der Waals surface area contributed by atoms with Gasteiger partial charge in [0.1, 0.15) is 31.4 Å². The Kier molecular flexibility index (Phi) is 17.8. The Balaban J connectivity index is 0.874. The summed E-state index contributed by atoms with van der Waals surface area (Å²) in [4.78, 5) is 91.9. The molecule has 5 aromatic rings. The smallest absolute Gasteiger partial charge is 0.260 e. The molecule has 0 unspecified atom stereocenters. The first kappa shape index (κ1) is 55.7. The van der Waals surface area contributed by atoms with Crippen LogP contribution in [-0.2, 0) is 56.5 Å². The highest BCUT2D eigenvalue weighted by molar-refractivity contribution is 6.12. The van der Waals surface area contributed by atoms with E-state index in [1.165, 1.54) is 11.1 Å². The molecule has 0 saturated heterocycles. The van der Waals surface area contributed by atoms with Gasteiger partial charge in [0, 0.05) is 86.1 Å². The summed E-state index contributed by atoms with van der Waals surface area (Å²) in [6.07, 6.45) is 8.10. The Morgan fingerprint density at radius 3 is 2.05 bits per heavy atom. The third kappa shape index (κ3) is 13.0. The van der Waals surface area contributed by atoms with Crippen molar-refractivity contribution in [3.63, 3.8) is 0 Å². The van der Waals surface area contributed by atoms with E-state index in [1.54, 1.807) is 40.2 Å². The second-order valence-corrected chi connectivity index (χ2v) is 21.4. The summed E-state index contributed by atoms with van der Waals surface area (Å²) in [6.45, 7) is 8.27. The van der Waals surface area contributed by atoms with Gasteiger partial charge in [-0.05, 0) is 154 Å². The number of hydrogen-bond donors (Lipinski definition) is 2. The molecular formula is C63H72N6O10. The van der Waals surface area contributed by atoms with E-state index in [0.717, 1.165) is 65.9 Å². The number of carbonyl (C=O) groups is 6. The van der Waals surface area contributed by atoms with Crippen molar-refractivity contribution in [1.82, 2.24) is 5.32 Å². The number of amides is 4. The molecule has 0 radical (unpaired) electrons. The lowest BCUT2D eigenvalue weighted by Crippen LogP contribution is -2.41. The maximum absolute atomic E-state index is 14.2. The lowest BCUT2D eigenvalue weighted by Gasteiger charge is -2.25. The van der Waals surface area contributed by atoms with E-state index in [9.17, 15) is 28.8 Å². The first-order chi connectivity index (χ1) is 38.2. The molecule has 4 aliphatic rings. The predicted molar refractivity (Wildman–Crippen MR) is 305 cm³/mol. The molecule has 0 fully saturated rings. The monoisotopic (exact) mass is 1070 g/mol. The molecule has 0 bridgehead atoms. The molecule has 79 heavy (non-hydrogen) atoms. The molecule has 4 aliphatic heterocycles. The van der Waals surface area contributed by atoms with Crippen LogP contribution in [0.3, 0.4) is 0 Å². The Hall–Kier alpha value is -8.01. The van der Waals surface area contributed by atoms with Crippen molar-refractivity contribution >= 4 is 64.2 Å². The topological polar surface area (TPSA) is 185 Å². The second kappa shape index (κ2) is 25.2. The molecule has 4 atom stereocenters. The van der Waals surface area contributed by atoms with Crippen molar-refractivity contribution in [2.75, 3.05) is 47.3 Å². The van der Waals surface area contributed by atoms with E-state index >= 15 is 0 Å². The minimum atomic E-state index is -0.812. The van der Waals surface area contributed by atoms with Gasteiger partial charge in [-0.3, -0.25) is 28.8 Å². The molecule has 0 saturated carbocycles. The number of oxime groups is 1. The minimum absolute atomic E-state index is 0.00121. The summed E-state index contributed by atoms with van der Waals surface area (Å²) in [5, 5.41) is 9.49. The number of benzene rings is 5. The van der Waals surface area contributed by atoms with Gasteiger partial charge in [-0.1, -0.05) is 48.5 Å². The van der Waals surface area contributed by atoms with Crippen molar-refractivity contribution in [1.29, 1.82) is 0 Å². The number of ketones is 2. The molecule has 9 rings (SSSR count). The van der Waals surface area contributed by atoms with E-state index in [1.807, 2.05) is 96.6 Å². The second-order valence-electron chi connectivity index (χ2n) is 21.4. The highest BCUT2D eigenvalue weighted by atomic mass is 16.6. The number of likely N-dealkylation sites (N-methyl/N-ethyl adjacent to an activating group) is 1. The number of rotatable bonds is 24. The Morgan fingerprint density at radius 1 is 0.722 bits per heavy atom. The van der Waals surface area contributed by atoms with E-state index in [0.29, 0.717) is 84.9 Å². The van der Waals surface area contributed by atoms with Gasteiger partial charge in [0.05, 0.1) is 30.4 Å². The van der Waals surface area contributed by atoms with Crippen LogP contribution in [0.1, 0.15) is 133 Å². The number of nitrogens with one attached hydrogen (secondary N) is 2. The Labute approximate surface area is 462 Å². The van der Waals surface area contributed by atoms with Crippen LogP contribution in [0, 0.1) is 12.8 Å². The van der Waals surface area contributed by atoms with Crippen molar-refractivity contribution < 1.29 is 47.8 Å². The van der Waals surface area contributed by atoms with Crippen LogP contribution in [0.15, 0.2) is 96.2 Å². The number of methoxy groups -OCH3 is 1. The molecule has 414 valence electrons. The SMILES string of the molecule is CC=NOCCCCC(=O)CCCCC(=O)N[C@@H](C)C(=O)C[C@@H](C)C(=O)Nc1cc(COc2cc3c(cc2C)C(=O)N2c4ccccc4C[C@H]2CN3C)cc(COc2cc3c(cc2OC)C(=O)N2c4ccccc4C[C@H]2CC3)c1. The molecule has 5 aromatic carbocycles. The number of fused-ring (bicyclic) bond motifs is 8. The van der Waals surface area contributed by atoms with Crippen LogP contribution in [0.2, 0.25) is 0 Å². The molecular weight excluding hydrogens is 1000 g/mol. The van der Waals surface area contributed by atoms with Gasteiger partial charge >= 0.3 is 0 Å². The number of ether oxygens (including phenoxy) is 3. The van der Waals surface area contributed by atoms with E-state index < -0.39 is 12.0 Å². The summed E-state index contributed by atoms with van der Waals surface area (Å²) >= 11 is 0. The van der Waals surface area contributed by atoms with Gasteiger partial charge in [0.25, 0.3) is 11.8 Å². The average molecular weight is 1070 g/mol. The predicted octanol–water partition coefficient (Wildman–Crippen LogP) is 10.1. The standard InChI is InChI=1S/C63H72N6O10/c1-7-64-79-25-15-14-19-50(70)18-10-13-22-60(72)65-41(4)56(71)27-40(3)61(73)66-47-29-42(37-77-57-35-55-52(26-39(57)2)63(75)69-49(36-67(55)5)32-46-17-9-12-21-54(46)69)28-43(30-47)38-78-59-33-44-23-24-48-31-45-16-8-11-20-53(45)68(48)62(74)51(44)34-58(59)76-6/h7-9,11-12,16-17,20-21,26,28-30,33-35,40-41,48-49H,10,13-15,18-19,22-25,27,31-32,36-38H2,1-6H3,(H,65,72)(H,66,73)/t40-,41+,48-,49+/m1/s1. The zero-order chi connectivity index (χ0) is 55.7. The van der Waals surface area contributed by atoms with Crippen LogP contribution in [0.25, 0.3) is 0 Å². The Bertz CT molecular complexity index is 3150. The molecule has 16 heteroatoms. The van der Waals surface area contributed by atoms with Crippen molar-refractivity contribution in [3.05, 3.63) is 136 Å². The van der Waals surface area contributed by atoms with Gasteiger partial charge < -0.3 is 44.4 Å². The minimum Gasteiger partial charge on any atom is -0.493 e. The molecule has 4 heterocycles. The Morgan fingerprint density at radius 2 is 1.35 bits per heavy atom. The summed E-state index contributed by atoms with van der Waals surface area (Å²) in [5.74, 6) is -0.167. The quantitative estimate of drug-likeness (QED) is 0.0340. The largest absolute Gasteiger partial charge is 0.493 e. The molecule has 4 amide bonds. The highest BCUT2D eigenvalue weighted by Crippen LogP contribution is 2.42. The average Bonchev–Trinajstić information content (AvgIpc) is 4.14. The number of hydrogen-bond acceptors (Lipinski definition) is 12. The normalized spacial score (nSPS) is 16.8. The maximum atomic E-state index is 14.2. The highest BCUT2D eigenvalue weighted by Gasteiger charge is 2.40. The molecule has 0 spiro atoms. The fraction of sp³-hybridized carbons (Fsp3) is 0.413. The maximum Gasteiger partial charge on any atom is 0.260 e. The van der Waals surface area contributed by atoms with Gasteiger partial charge in [-0.2, -0.15) is 0 Å². The third-order valence-electron chi connectivity index (χ3n) is 15.5. The third-order valence-corrected chi connectivity index (χ3v) is 15.5. The number of nitrogens with zero attached hydrogens (tertiary/aromatic N) is 4. The van der Waals surface area contributed by atoms with Crippen LogP contribution in [0.4, 0.5) is 22.7 Å². The number of unbranched alkanes of at least 4 members (excludes halogenated alkanes) is 2. The number of para-hydroxylation sites is 2. The number of Topliss-reactive ketones (excluding diaryl/α,β-unsaturated/α-hetero) is 2.